The van der Waals surface area contributed by atoms with Gasteiger partial charge in [-0.25, -0.2) is 9.36 Å². The van der Waals surface area contributed by atoms with Crippen molar-refractivity contribution in [3.63, 3.8) is 0 Å². The number of benzene rings is 2. The van der Waals surface area contributed by atoms with Gasteiger partial charge in [0.1, 0.15) is 11.4 Å². The van der Waals surface area contributed by atoms with Crippen LogP contribution in [0.1, 0.15) is 29.3 Å². The molecule has 1 aliphatic rings. The maximum absolute atomic E-state index is 13.6. The lowest BCUT2D eigenvalue weighted by Crippen LogP contribution is -2.42. The van der Waals surface area contributed by atoms with Crippen LogP contribution in [-0.4, -0.2) is 26.5 Å². The largest absolute Gasteiger partial charge is 0.337 e. The summed E-state index contributed by atoms with van der Waals surface area (Å²) in [5, 5.41) is 0.592. The van der Waals surface area contributed by atoms with E-state index < -0.39 is 5.69 Å². The Hall–Kier alpha value is -3.45. The molecule has 0 N–H and O–H groups in total. The highest BCUT2D eigenvalue weighted by Crippen LogP contribution is 2.35. The highest BCUT2D eigenvalue weighted by Gasteiger charge is 2.26. The summed E-state index contributed by atoms with van der Waals surface area (Å²) in [6, 6.07) is 18.8. The summed E-state index contributed by atoms with van der Waals surface area (Å²) in [4.78, 5) is 44.0. The fourth-order valence-electron chi connectivity index (χ4n) is 4.57. The molecule has 0 atom stereocenters. The van der Waals surface area contributed by atoms with E-state index in [9.17, 15) is 14.4 Å². The van der Waals surface area contributed by atoms with E-state index in [2.05, 4.69) is 0 Å². The van der Waals surface area contributed by atoms with Crippen molar-refractivity contribution in [2.45, 2.75) is 39.3 Å². The van der Waals surface area contributed by atoms with Crippen LogP contribution in [0.2, 0.25) is 0 Å². The first-order valence-electron chi connectivity index (χ1n) is 11.3. The second kappa shape index (κ2) is 8.83. The number of aromatic nitrogens is 2. The van der Waals surface area contributed by atoms with E-state index in [0.29, 0.717) is 29.0 Å². The molecular weight excluding hydrogens is 434 g/mol. The number of thiophene rings is 1. The molecule has 33 heavy (non-hydrogen) atoms. The fraction of sp³-hybridized carbons (Fsp3) is 0.269. The van der Waals surface area contributed by atoms with Crippen LogP contribution < -0.4 is 11.2 Å². The maximum atomic E-state index is 13.6. The number of fused-ring (bicyclic) bond motifs is 3. The number of nitrogens with zero attached hydrogens (tertiary/aromatic N) is 3. The van der Waals surface area contributed by atoms with E-state index in [1.807, 2.05) is 43.3 Å². The molecule has 0 fully saturated rings. The van der Waals surface area contributed by atoms with Gasteiger partial charge >= 0.3 is 5.69 Å². The Morgan fingerprint density at radius 1 is 1.00 bits per heavy atom. The molecule has 0 saturated heterocycles. The van der Waals surface area contributed by atoms with Crippen LogP contribution >= 0.6 is 11.3 Å². The van der Waals surface area contributed by atoms with E-state index in [0.717, 1.165) is 35.3 Å². The van der Waals surface area contributed by atoms with E-state index in [-0.39, 0.29) is 18.0 Å². The number of para-hydroxylation sites is 1. The van der Waals surface area contributed by atoms with Crippen molar-refractivity contribution in [1.82, 2.24) is 14.0 Å². The van der Waals surface area contributed by atoms with Crippen LogP contribution in [0.25, 0.3) is 15.9 Å². The molecule has 0 spiro atoms. The summed E-state index contributed by atoms with van der Waals surface area (Å²) >= 11 is 1.49. The first-order valence-corrected chi connectivity index (χ1v) is 12.1. The Morgan fingerprint density at radius 3 is 2.39 bits per heavy atom. The van der Waals surface area contributed by atoms with Crippen LogP contribution in [0.4, 0.5) is 0 Å². The van der Waals surface area contributed by atoms with Crippen molar-refractivity contribution in [2.75, 3.05) is 6.54 Å². The van der Waals surface area contributed by atoms with Crippen LogP contribution in [0.15, 0.2) is 70.3 Å². The summed E-state index contributed by atoms with van der Waals surface area (Å²) < 4.78 is 2.72. The first kappa shape index (κ1) is 21.4. The number of hydrogen-bond donors (Lipinski definition) is 0. The molecule has 2 aromatic carbocycles. The van der Waals surface area contributed by atoms with Crippen LogP contribution in [0.3, 0.4) is 0 Å². The molecule has 0 saturated carbocycles. The smallest absolute Gasteiger partial charge is 0.337 e. The lowest BCUT2D eigenvalue weighted by molar-refractivity contribution is -0.132. The lowest BCUT2D eigenvalue weighted by atomic mass is 10.2. The Bertz CT molecular complexity index is 1440. The van der Waals surface area contributed by atoms with Gasteiger partial charge in [-0.2, -0.15) is 0 Å². The number of carbonyl (C=O) groups is 1. The zero-order valence-corrected chi connectivity index (χ0v) is 19.3. The van der Waals surface area contributed by atoms with Gasteiger partial charge in [-0.1, -0.05) is 48.5 Å². The third-order valence-corrected chi connectivity index (χ3v) is 7.56. The third-order valence-electron chi connectivity index (χ3n) is 6.25. The minimum atomic E-state index is -0.470. The molecule has 168 valence electrons. The molecular formula is C26H25N3O3S. The molecule has 6 nitrogen and oxygen atoms in total. The number of rotatable bonds is 6. The van der Waals surface area contributed by atoms with Gasteiger partial charge < -0.3 is 4.90 Å². The van der Waals surface area contributed by atoms with E-state index >= 15 is 0 Å². The monoisotopic (exact) mass is 459 g/mol. The Kier molecular flexibility index (Phi) is 5.72. The third kappa shape index (κ3) is 3.82. The summed E-state index contributed by atoms with van der Waals surface area (Å²) in [6.45, 7) is 2.85. The summed E-state index contributed by atoms with van der Waals surface area (Å²) in [6.07, 6.45) is 2.76. The van der Waals surface area contributed by atoms with Gasteiger partial charge in [0.15, 0.2) is 0 Å². The molecule has 0 unspecified atom stereocenters. The molecule has 1 amide bonds. The zero-order chi connectivity index (χ0) is 22.9. The van der Waals surface area contributed by atoms with Gasteiger partial charge in [0.25, 0.3) is 5.56 Å². The summed E-state index contributed by atoms with van der Waals surface area (Å²) in [5.41, 5.74) is 1.84. The molecule has 0 radical (unpaired) electrons. The fourth-order valence-corrected chi connectivity index (χ4v) is 5.94. The van der Waals surface area contributed by atoms with Crippen LogP contribution in [-0.2, 0) is 30.7 Å². The van der Waals surface area contributed by atoms with E-state index in [4.69, 9.17) is 0 Å². The lowest BCUT2D eigenvalue weighted by Gasteiger charge is -2.22. The van der Waals surface area contributed by atoms with Crippen molar-refractivity contribution in [3.05, 3.63) is 97.5 Å². The molecule has 5 rings (SSSR count). The molecule has 2 heterocycles. The highest BCUT2D eigenvalue weighted by molar-refractivity contribution is 7.19. The number of carbonyl (C=O) groups excluding carboxylic acids is 1. The Morgan fingerprint density at radius 2 is 1.70 bits per heavy atom. The molecule has 1 aliphatic carbocycles. The second-order valence-electron chi connectivity index (χ2n) is 8.28. The minimum absolute atomic E-state index is 0.0947. The number of likely N-dealkylation sites (N-methyl/N-ethyl adjacent to an activating group) is 1. The molecule has 2 aromatic heterocycles. The Balaban J connectivity index is 1.62. The van der Waals surface area contributed by atoms with Gasteiger partial charge in [0.05, 0.1) is 11.1 Å². The molecule has 7 heteroatoms. The second-order valence-corrected chi connectivity index (χ2v) is 9.36. The van der Waals surface area contributed by atoms with Gasteiger partial charge in [-0.15, -0.1) is 11.3 Å². The highest BCUT2D eigenvalue weighted by atomic mass is 32.1. The van der Waals surface area contributed by atoms with Crippen molar-refractivity contribution >= 4 is 27.5 Å². The number of amides is 1. The van der Waals surface area contributed by atoms with E-state index in [1.54, 1.807) is 29.2 Å². The zero-order valence-electron chi connectivity index (χ0n) is 18.5. The normalized spacial score (nSPS) is 12.8. The van der Waals surface area contributed by atoms with Gasteiger partial charge in [0.2, 0.25) is 5.91 Å². The topological polar surface area (TPSA) is 64.3 Å². The predicted octanol–water partition coefficient (Wildman–Crippen LogP) is 3.75. The van der Waals surface area contributed by atoms with Gasteiger partial charge in [0, 0.05) is 18.0 Å². The number of hydrogen-bond acceptors (Lipinski definition) is 4. The van der Waals surface area contributed by atoms with Crippen molar-refractivity contribution in [1.29, 1.82) is 0 Å². The van der Waals surface area contributed by atoms with Gasteiger partial charge in [-0.05, 0) is 49.4 Å². The SMILES string of the molecule is CCN(Cc1ccccc1)C(=O)Cn1c(=O)n(-c2ccccc2)c(=O)c2c3c(sc21)CCC3. The van der Waals surface area contributed by atoms with Crippen LogP contribution in [0, 0.1) is 0 Å². The first-order chi connectivity index (χ1) is 16.1. The average Bonchev–Trinajstić information content (AvgIpc) is 3.43. The quantitative estimate of drug-likeness (QED) is 0.441. The standard InChI is InChI=1S/C26H25N3O3S/c1-2-27(16-18-10-5-3-6-11-18)22(30)17-28-25-23(20-14-9-15-21(20)33-25)24(31)29(26(28)32)19-12-7-4-8-13-19/h3-8,10-13H,2,9,14-17H2,1H3. The van der Waals surface area contributed by atoms with Gasteiger partial charge in [-0.3, -0.25) is 14.2 Å². The minimum Gasteiger partial charge on any atom is -0.337 e. The van der Waals surface area contributed by atoms with E-state index in [1.165, 1.54) is 20.5 Å². The molecule has 0 aliphatic heterocycles. The Labute approximate surface area is 195 Å². The van der Waals surface area contributed by atoms with Crippen molar-refractivity contribution in [3.8, 4) is 5.69 Å². The van der Waals surface area contributed by atoms with Crippen molar-refractivity contribution in [2.24, 2.45) is 0 Å². The molecule has 0 bridgehead atoms. The van der Waals surface area contributed by atoms with Crippen molar-refractivity contribution < 1.29 is 4.79 Å². The average molecular weight is 460 g/mol. The summed E-state index contributed by atoms with van der Waals surface area (Å²) in [5.74, 6) is -0.142. The molecule has 4 aromatic rings. The predicted molar refractivity (Wildman–Crippen MR) is 131 cm³/mol. The maximum Gasteiger partial charge on any atom is 0.337 e. The van der Waals surface area contributed by atoms with Crippen LogP contribution in [0.5, 0.6) is 0 Å². The number of aryl methyl sites for hydroxylation is 2. The summed E-state index contributed by atoms with van der Waals surface area (Å²) in [7, 11) is 0.